The van der Waals surface area contributed by atoms with Gasteiger partial charge in [-0.05, 0) is 55.7 Å². The maximum atomic E-state index is 13.6. The summed E-state index contributed by atoms with van der Waals surface area (Å²) < 4.78 is 0. The highest BCUT2D eigenvalue weighted by Crippen LogP contribution is 2.27. The number of nitrogens with one attached hydrogen (secondary N) is 2. The van der Waals surface area contributed by atoms with Gasteiger partial charge in [0.1, 0.15) is 18.4 Å². The standard InChI is InChI=1S/C29H31N5O8/c1-18(36)33(21-6-3-2-4-7-21)22-11-9-19(10-12-22)27(40)31-23-13-14-25(37)32-15-5-8-24(34(32)29(23)42)28(41)30-20(17-35)16-26(38)39/h2-4,6-7,9-12,17,20,23-24H,5,8,13-16H2,1H3,(H,30,41)(H,31,40)(H,38,39). The molecule has 3 atom stereocenters. The number of benzene rings is 2. The molecule has 3 N–H and O–H groups in total. The number of rotatable bonds is 9. The minimum absolute atomic E-state index is 0.00489. The fraction of sp³-hybridized carbons (Fsp3) is 0.345. The Morgan fingerprint density at radius 1 is 1.02 bits per heavy atom. The molecular formula is C29H31N5O8. The van der Waals surface area contributed by atoms with Gasteiger partial charge in [-0.1, -0.05) is 18.2 Å². The second kappa shape index (κ2) is 13.1. The quantitative estimate of drug-likeness (QED) is 0.372. The zero-order chi connectivity index (χ0) is 30.4. The molecule has 42 heavy (non-hydrogen) atoms. The second-order valence-electron chi connectivity index (χ2n) is 10.0. The number of hydrazine groups is 1. The minimum Gasteiger partial charge on any atom is -0.481 e. The van der Waals surface area contributed by atoms with Crippen LogP contribution in [0.5, 0.6) is 0 Å². The Labute approximate surface area is 241 Å². The molecule has 3 unspecified atom stereocenters. The first kappa shape index (κ1) is 29.9. The maximum absolute atomic E-state index is 13.6. The molecule has 0 bridgehead atoms. The highest BCUT2D eigenvalue weighted by molar-refractivity contribution is 6.02. The number of nitrogens with zero attached hydrogens (tertiary/aromatic N) is 3. The predicted octanol–water partition coefficient (Wildman–Crippen LogP) is 1.16. The monoisotopic (exact) mass is 577 g/mol. The summed E-state index contributed by atoms with van der Waals surface area (Å²) in [6, 6.07) is 11.6. The number of carboxylic acid groups (broad SMARTS) is 1. The SMILES string of the molecule is CC(=O)N(c1ccccc1)c1ccc(C(=O)NC2CCC(=O)N3CCCC(C(=O)NC(C=O)CC(=O)O)N3C2=O)cc1. The number of hydrogen-bond acceptors (Lipinski definition) is 7. The number of aliphatic carboxylic acids is 1. The van der Waals surface area contributed by atoms with Gasteiger partial charge in [0.05, 0.1) is 12.5 Å². The molecule has 4 rings (SSSR count). The Balaban J connectivity index is 1.51. The van der Waals surface area contributed by atoms with Crippen LogP contribution in [-0.2, 0) is 28.8 Å². The largest absolute Gasteiger partial charge is 0.481 e. The molecule has 0 aromatic heterocycles. The molecule has 2 aromatic carbocycles. The number of carbonyl (C=O) groups excluding carboxylic acids is 6. The molecule has 0 aliphatic carbocycles. The Morgan fingerprint density at radius 3 is 2.31 bits per heavy atom. The fourth-order valence-electron chi connectivity index (χ4n) is 5.10. The smallest absolute Gasteiger partial charge is 0.305 e. The third-order valence-corrected chi connectivity index (χ3v) is 7.07. The first-order valence-corrected chi connectivity index (χ1v) is 13.5. The van der Waals surface area contributed by atoms with Gasteiger partial charge in [0.25, 0.3) is 11.8 Å². The summed E-state index contributed by atoms with van der Waals surface area (Å²) in [5.74, 6) is -3.93. The van der Waals surface area contributed by atoms with Crippen LogP contribution in [0.3, 0.4) is 0 Å². The average molecular weight is 578 g/mol. The van der Waals surface area contributed by atoms with Crippen molar-refractivity contribution in [2.45, 2.75) is 57.2 Å². The van der Waals surface area contributed by atoms with Crippen molar-refractivity contribution in [3.05, 3.63) is 60.2 Å². The Bertz CT molecular complexity index is 1380. The Hall–Kier alpha value is -5.07. The van der Waals surface area contributed by atoms with Gasteiger partial charge in [0.15, 0.2) is 0 Å². The first-order chi connectivity index (χ1) is 20.1. The summed E-state index contributed by atoms with van der Waals surface area (Å²) in [7, 11) is 0. The van der Waals surface area contributed by atoms with Crippen LogP contribution in [0.2, 0.25) is 0 Å². The van der Waals surface area contributed by atoms with E-state index in [2.05, 4.69) is 10.6 Å². The molecule has 0 radical (unpaired) electrons. The number of hydrogen-bond donors (Lipinski definition) is 3. The predicted molar refractivity (Wildman–Crippen MR) is 148 cm³/mol. The summed E-state index contributed by atoms with van der Waals surface area (Å²) in [6.07, 6.45) is 0.196. The number of fused-ring (bicyclic) bond motifs is 1. The lowest BCUT2D eigenvalue weighted by atomic mass is 10.0. The van der Waals surface area contributed by atoms with E-state index in [1.54, 1.807) is 36.4 Å². The normalized spacial score (nSPS) is 19.2. The van der Waals surface area contributed by atoms with E-state index in [0.29, 0.717) is 24.1 Å². The van der Waals surface area contributed by atoms with Crippen molar-refractivity contribution in [1.82, 2.24) is 20.7 Å². The van der Waals surface area contributed by atoms with Crippen LogP contribution in [0.15, 0.2) is 54.6 Å². The topological polar surface area (TPSA) is 173 Å². The van der Waals surface area contributed by atoms with Gasteiger partial charge in [-0.3, -0.25) is 38.7 Å². The molecule has 5 amide bonds. The van der Waals surface area contributed by atoms with E-state index in [9.17, 15) is 33.6 Å². The molecular weight excluding hydrogens is 546 g/mol. The van der Waals surface area contributed by atoms with Crippen molar-refractivity contribution < 1.29 is 38.7 Å². The fourth-order valence-corrected chi connectivity index (χ4v) is 5.10. The number of carbonyl (C=O) groups is 7. The van der Waals surface area contributed by atoms with Gasteiger partial charge in [0.2, 0.25) is 17.7 Å². The van der Waals surface area contributed by atoms with Crippen molar-refractivity contribution in [2.75, 3.05) is 11.4 Å². The zero-order valence-electron chi connectivity index (χ0n) is 22.9. The number of carboxylic acids is 1. The van der Waals surface area contributed by atoms with Crippen LogP contribution in [0, 0.1) is 0 Å². The zero-order valence-corrected chi connectivity index (χ0v) is 22.9. The number of aldehydes is 1. The van der Waals surface area contributed by atoms with E-state index >= 15 is 0 Å². The summed E-state index contributed by atoms with van der Waals surface area (Å²) >= 11 is 0. The molecule has 2 saturated heterocycles. The molecule has 2 fully saturated rings. The highest BCUT2D eigenvalue weighted by Gasteiger charge is 2.45. The van der Waals surface area contributed by atoms with Crippen molar-refractivity contribution in [2.24, 2.45) is 0 Å². The van der Waals surface area contributed by atoms with Crippen LogP contribution in [0.1, 0.15) is 49.4 Å². The van der Waals surface area contributed by atoms with E-state index in [1.807, 2.05) is 6.07 Å². The minimum atomic E-state index is -1.30. The first-order valence-electron chi connectivity index (χ1n) is 13.5. The molecule has 2 aliphatic rings. The van der Waals surface area contributed by atoms with Crippen LogP contribution in [0.25, 0.3) is 0 Å². The van der Waals surface area contributed by atoms with Gasteiger partial charge in [-0.15, -0.1) is 0 Å². The van der Waals surface area contributed by atoms with Gasteiger partial charge >= 0.3 is 5.97 Å². The van der Waals surface area contributed by atoms with Crippen molar-refractivity contribution in [1.29, 1.82) is 0 Å². The van der Waals surface area contributed by atoms with E-state index in [0.717, 1.165) is 5.01 Å². The lowest BCUT2D eigenvalue weighted by molar-refractivity contribution is -0.176. The van der Waals surface area contributed by atoms with Gasteiger partial charge in [0, 0.05) is 36.8 Å². The number of para-hydroxylation sites is 1. The lowest BCUT2D eigenvalue weighted by Gasteiger charge is -2.43. The number of amides is 5. The summed E-state index contributed by atoms with van der Waals surface area (Å²) in [5.41, 5.74) is 1.41. The van der Waals surface area contributed by atoms with E-state index in [4.69, 9.17) is 5.11 Å². The van der Waals surface area contributed by atoms with Gasteiger partial charge in [-0.25, -0.2) is 5.01 Å². The van der Waals surface area contributed by atoms with Gasteiger partial charge in [-0.2, -0.15) is 0 Å². The van der Waals surface area contributed by atoms with Crippen molar-refractivity contribution in [3.8, 4) is 0 Å². The van der Waals surface area contributed by atoms with Crippen molar-refractivity contribution >= 4 is 53.2 Å². The summed E-state index contributed by atoms with van der Waals surface area (Å²) in [5, 5.41) is 16.2. The van der Waals surface area contributed by atoms with Crippen LogP contribution >= 0.6 is 0 Å². The van der Waals surface area contributed by atoms with Crippen LogP contribution in [-0.4, -0.2) is 81.6 Å². The molecule has 13 heteroatoms. The third-order valence-electron chi connectivity index (χ3n) is 7.07. The molecule has 0 saturated carbocycles. The summed E-state index contributed by atoms with van der Waals surface area (Å²) in [4.78, 5) is 88.9. The van der Waals surface area contributed by atoms with E-state index < -0.39 is 54.1 Å². The number of anilines is 2. The van der Waals surface area contributed by atoms with E-state index in [1.165, 1.54) is 29.0 Å². The summed E-state index contributed by atoms with van der Waals surface area (Å²) in [6.45, 7) is 1.62. The lowest BCUT2D eigenvalue weighted by Crippen LogP contribution is -2.64. The van der Waals surface area contributed by atoms with Crippen molar-refractivity contribution in [3.63, 3.8) is 0 Å². The molecule has 2 aromatic rings. The van der Waals surface area contributed by atoms with Crippen LogP contribution in [0.4, 0.5) is 11.4 Å². The van der Waals surface area contributed by atoms with Gasteiger partial charge < -0.3 is 20.5 Å². The Morgan fingerprint density at radius 2 is 1.69 bits per heavy atom. The second-order valence-corrected chi connectivity index (χ2v) is 10.0. The molecule has 2 aliphatic heterocycles. The molecule has 2 heterocycles. The molecule has 220 valence electrons. The Kier molecular flexibility index (Phi) is 9.30. The van der Waals surface area contributed by atoms with Crippen LogP contribution < -0.4 is 15.5 Å². The molecule has 0 spiro atoms. The highest BCUT2D eigenvalue weighted by atomic mass is 16.4. The molecule has 13 nitrogen and oxygen atoms in total. The van der Waals surface area contributed by atoms with E-state index in [-0.39, 0.29) is 37.3 Å². The third kappa shape index (κ3) is 6.62. The average Bonchev–Trinajstić information content (AvgIpc) is 3.09. The maximum Gasteiger partial charge on any atom is 0.305 e.